The Balaban J connectivity index is 1.41. The number of piperazine rings is 1. The number of thiophene rings is 1. The first kappa shape index (κ1) is 17.8. The zero-order valence-electron chi connectivity index (χ0n) is 14.2. The molecule has 2 saturated heterocycles. The Kier molecular flexibility index (Phi) is 5.20. The molecule has 4 rings (SSSR count). The van der Waals surface area contributed by atoms with Gasteiger partial charge in [0.15, 0.2) is 0 Å². The number of nitrogens with zero attached hydrogens (tertiary/aromatic N) is 5. The first-order chi connectivity index (χ1) is 12.6. The van der Waals surface area contributed by atoms with Crippen molar-refractivity contribution in [1.82, 2.24) is 14.9 Å². The number of amides is 1. The molecule has 0 N–H and O–H groups in total. The molecule has 2 fully saturated rings. The fourth-order valence-electron chi connectivity index (χ4n) is 3.38. The minimum absolute atomic E-state index is 0.0572. The third-order valence-corrected chi connectivity index (χ3v) is 6.28. The molecule has 6 nitrogen and oxygen atoms in total. The van der Waals surface area contributed by atoms with Crippen LogP contribution in [0.2, 0.25) is 8.67 Å². The lowest BCUT2D eigenvalue weighted by molar-refractivity contribution is 0.0747. The lowest BCUT2D eigenvalue weighted by Crippen LogP contribution is -2.49. The Morgan fingerprint density at radius 3 is 2.42 bits per heavy atom. The average Bonchev–Trinajstić information content (AvgIpc) is 3.31. The highest BCUT2D eigenvalue weighted by atomic mass is 35.5. The van der Waals surface area contributed by atoms with Crippen LogP contribution in [0.3, 0.4) is 0 Å². The summed E-state index contributed by atoms with van der Waals surface area (Å²) >= 11 is 13.3. The van der Waals surface area contributed by atoms with Gasteiger partial charge in [-0.2, -0.15) is 4.98 Å². The van der Waals surface area contributed by atoms with E-state index >= 15 is 0 Å². The Morgan fingerprint density at radius 2 is 1.77 bits per heavy atom. The summed E-state index contributed by atoms with van der Waals surface area (Å²) in [6, 6.07) is 3.59. The number of hydrogen-bond donors (Lipinski definition) is 0. The lowest BCUT2D eigenvalue weighted by Gasteiger charge is -2.35. The first-order valence-electron chi connectivity index (χ1n) is 8.69. The Labute approximate surface area is 166 Å². The van der Waals surface area contributed by atoms with E-state index in [4.69, 9.17) is 28.2 Å². The van der Waals surface area contributed by atoms with Crippen LogP contribution in [0.15, 0.2) is 18.3 Å². The fourth-order valence-corrected chi connectivity index (χ4v) is 4.83. The van der Waals surface area contributed by atoms with Gasteiger partial charge in [-0.15, -0.1) is 11.3 Å². The van der Waals surface area contributed by atoms with Crippen molar-refractivity contribution in [3.05, 3.63) is 32.6 Å². The van der Waals surface area contributed by atoms with E-state index in [1.807, 2.05) is 17.2 Å². The molecular weight excluding hydrogens is 393 g/mol. The van der Waals surface area contributed by atoms with Crippen molar-refractivity contribution in [2.75, 3.05) is 49.1 Å². The first-order valence-corrected chi connectivity index (χ1v) is 10.3. The van der Waals surface area contributed by atoms with Crippen LogP contribution in [0.25, 0.3) is 0 Å². The summed E-state index contributed by atoms with van der Waals surface area (Å²) in [7, 11) is 0. The molecule has 0 bridgehead atoms. The van der Waals surface area contributed by atoms with Crippen LogP contribution in [0.5, 0.6) is 0 Å². The highest BCUT2D eigenvalue weighted by Crippen LogP contribution is 2.32. The van der Waals surface area contributed by atoms with Gasteiger partial charge in [0.25, 0.3) is 5.91 Å². The van der Waals surface area contributed by atoms with Gasteiger partial charge in [0.1, 0.15) is 10.2 Å². The van der Waals surface area contributed by atoms with Gasteiger partial charge in [-0.3, -0.25) is 4.79 Å². The predicted molar refractivity (Wildman–Crippen MR) is 106 cm³/mol. The molecule has 138 valence electrons. The molecule has 2 aliphatic heterocycles. The molecule has 26 heavy (non-hydrogen) atoms. The van der Waals surface area contributed by atoms with Crippen molar-refractivity contribution in [2.45, 2.75) is 12.8 Å². The minimum atomic E-state index is -0.0572. The van der Waals surface area contributed by atoms with Gasteiger partial charge in [0.2, 0.25) is 5.95 Å². The summed E-state index contributed by atoms with van der Waals surface area (Å²) in [4.78, 5) is 28.0. The molecule has 0 unspecified atom stereocenters. The number of rotatable bonds is 3. The van der Waals surface area contributed by atoms with E-state index in [0.717, 1.165) is 37.9 Å². The smallest absolute Gasteiger partial charge is 0.256 e. The van der Waals surface area contributed by atoms with Crippen LogP contribution in [0.1, 0.15) is 23.2 Å². The van der Waals surface area contributed by atoms with Crippen LogP contribution in [0.4, 0.5) is 11.8 Å². The second-order valence-corrected chi connectivity index (χ2v) is 8.71. The second kappa shape index (κ2) is 7.58. The fraction of sp³-hybridized carbons (Fsp3) is 0.471. The van der Waals surface area contributed by atoms with E-state index in [-0.39, 0.29) is 5.91 Å². The van der Waals surface area contributed by atoms with Gasteiger partial charge < -0.3 is 14.7 Å². The lowest BCUT2D eigenvalue weighted by atomic mass is 10.2. The maximum Gasteiger partial charge on any atom is 0.256 e. The number of carbonyl (C=O) groups is 1. The maximum atomic E-state index is 12.6. The van der Waals surface area contributed by atoms with Crippen molar-refractivity contribution >= 4 is 52.2 Å². The van der Waals surface area contributed by atoms with E-state index in [1.54, 1.807) is 6.07 Å². The van der Waals surface area contributed by atoms with Gasteiger partial charge >= 0.3 is 0 Å². The molecule has 9 heteroatoms. The molecule has 1 amide bonds. The topological polar surface area (TPSA) is 52.6 Å². The Morgan fingerprint density at radius 1 is 1.04 bits per heavy atom. The summed E-state index contributed by atoms with van der Waals surface area (Å²) < 4.78 is 0.987. The van der Waals surface area contributed by atoms with Crippen molar-refractivity contribution in [3.63, 3.8) is 0 Å². The Hall–Kier alpha value is -1.57. The van der Waals surface area contributed by atoms with E-state index in [2.05, 4.69) is 14.8 Å². The third kappa shape index (κ3) is 3.61. The zero-order chi connectivity index (χ0) is 18.1. The molecule has 4 heterocycles. The van der Waals surface area contributed by atoms with E-state index < -0.39 is 0 Å². The van der Waals surface area contributed by atoms with Crippen LogP contribution >= 0.6 is 34.5 Å². The maximum absolute atomic E-state index is 12.6. The number of anilines is 2. The van der Waals surface area contributed by atoms with Crippen molar-refractivity contribution in [2.24, 2.45) is 0 Å². The highest BCUT2D eigenvalue weighted by molar-refractivity contribution is 7.20. The molecule has 0 radical (unpaired) electrons. The summed E-state index contributed by atoms with van der Waals surface area (Å²) in [6.45, 7) is 4.78. The number of aromatic nitrogens is 2. The van der Waals surface area contributed by atoms with Gasteiger partial charge in [-0.1, -0.05) is 23.2 Å². The Bertz CT molecular complexity index is 800. The average molecular weight is 412 g/mol. The van der Waals surface area contributed by atoms with Crippen LogP contribution in [-0.2, 0) is 0 Å². The third-order valence-electron chi connectivity index (χ3n) is 4.80. The summed E-state index contributed by atoms with van der Waals surface area (Å²) in [5, 5.41) is 0. The molecule has 0 saturated carbocycles. The second-order valence-electron chi connectivity index (χ2n) is 6.43. The van der Waals surface area contributed by atoms with E-state index in [9.17, 15) is 4.79 Å². The monoisotopic (exact) mass is 411 g/mol. The number of carbonyl (C=O) groups excluding carboxylic acids is 1. The standard InChI is InChI=1S/C17H19Cl2N5OS/c18-13-11-12(15(19)26-13)16(25)23-9-7-22(8-10-23)14-3-4-20-17(21-14)24-5-1-2-6-24/h3-4,11H,1-2,5-10H2. The molecule has 0 spiro atoms. The molecule has 2 aromatic rings. The van der Waals surface area contributed by atoms with Crippen molar-refractivity contribution < 1.29 is 4.79 Å². The molecule has 0 atom stereocenters. The van der Waals surface area contributed by atoms with E-state index in [0.29, 0.717) is 27.3 Å². The molecular formula is C17H19Cl2N5OS. The van der Waals surface area contributed by atoms with Crippen LogP contribution in [-0.4, -0.2) is 60.0 Å². The SMILES string of the molecule is O=C(c1cc(Cl)sc1Cl)N1CCN(c2ccnc(N3CCCC3)n2)CC1. The molecule has 0 aromatic carbocycles. The predicted octanol–water partition coefficient (Wildman–Crippen LogP) is 3.41. The van der Waals surface area contributed by atoms with E-state index in [1.165, 1.54) is 24.2 Å². The van der Waals surface area contributed by atoms with Gasteiger partial charge in [-0.25, -0.2) is 4.98 Å². The molecule has 0 aliphatic carbocycles. The van der Waals surface area contributed by atoms with Crippen molar-refractivity contribution in [1.29, 1.82) is 0 Å². The van der Waals surface area contributed by atoms with Crippen LogP contribution < -0.4 is 9.80 Å². The quantitative estimate of drug-likeness (QED) is 0.774. The normalized spacial score (nSPS) is 17.8. The van der Waals surface area contributed by atoms with Crippen molar-refractivity contribution in [3.8, 4) is 0 Å². The zero-order valence-corrected chi connectivity index (χ0v) is 16.5. The summed E-state index contributed by atoms with van der Waals surface area (Å²) in [5.74, 6) is 1.67. The van der Waals surface area contributed by atoms with Crippen LogP contribution in [0, 0.1) is 0 Å². The molecule has 2 aromatic heterocycles. The van der Waals surface area contributed by atoms with Gasteiger partial charge in [-0.05, 0) is 25.0 Å². The van der Waals surface area contributed by atoms with Gasteiger partial charge in [0.05, 0.1) is 9.90 Å². The van der Waals surface area contributed by atoms with Gasteiger partial charge in [0, 0.05) is 45.5 Å². The number of hydrogen-bond acceptors (Lipinski definition) is 6. The summed E-state index contributed by atoms with van der Waals surface area (Å²) in [6.07, 6.45) is 4.22. The highest BCUT2D eigenvalue weighted by Gasteiger charge is 2.26. The number of halogens is 2. The molecule has 2 aliphatic rings. The minimum Gasteiger partial charge on any atom is -0.353 e. The largest absolute Gasteiger partial charge is 0.353 e. The summed E-state index contributed by atoms with van der Waals surface area (Å²) in [5.41, 5.74) is 0.494.